The van der Waals surface area contributed by atoms with Gasteiger partial charge in [-0.05, 0) is 12.1 Å². The molecule has 1 aliphatic rings. The molecule has 0 radical (unpaired) electrons. The van der Waals surface area contributed by atoms with Gasteiger partial charge in [0.15, 0.2) is 13.1 Å². The highest BCUT2D eigenvalue weighted by Crippen LogP contribution is 2.26. The van der Waals surface area contributed by atoms with Crippen LogP contribution in [0.15, 0.2) is 30.3 Å². The van der Waals surface area contributed by atoms with Gasteiger partial charge in [0, 0.05) is 5.56 Å². The average molecular weight is 251 g/mol. The number of amides is 1. The van der Waals surface area contributed by atoms with Gasteiger partial charge >= 0.3 is 5.66 Å². The van der Waals surface area contributed by atoms with Crippen LogP contribution in [0.25, 0.3) is 0 Å². The number of nitro groups is 2. The molecule has 1 fully saturated rings. The topological polar surface area (TPSA) is 107 Å². The van der Waals surface area contributed by atoms with Crippen molar-refractivity contribution in [2.24, 2.45) is 0 Å². The van der Waals surface area contributed by atoms with Gasteiger partial charge in [0.25, 0.3) is 5.91 Å². The minimum Gasteiger partial charge on any atom is -0.310 e. The fourth-order valence-corrected chi connectivity index (χ4v) is 1.77. The van der Waals surface area contributed by atoms with Crippen LogP contribution in [0.1, 0.15) is 10.4 Å². The van der Waals surface area contributed by atoms with Crippen molar-refractivity contribution in [3.05, 3.63) is 56.1 Å². The summed E-state index contributed by atoms with van der Waals surface area (Å²) in [5.74, 6) is -0.435. The Hall–Kier alpha value is -2.51. The Morgan fingerprint density at radius 2 is 1.61 bits per heavy atom. The highest BCUT2D eigenvalue weighted by Gasteiger charge is 2.67. The van der Waals surface area contributed by atoms with E-state index in [1.807, 2.05) is 0 Å². The summed E-state index contributed by atoms with van der Waals surface area (Å²) in [6, 6.07) is 8.15. The number of hydrogen-bond acceptors (Lipinski definition) is 5. The molecule has 0 unspecified atom stereocenters. The molecule has 0 spiro atoms. The maximum Gasteiger partial charge on any atom is 0.492 e. The smallest absolute Gasteiger partial charge is 0.310 e. The van der Waals surface area contributed by atoms with E-state index in [4.69, 9.17) is 0 Å². The van der Waals surface area contributed by atoms with Crippen LogP contribution in [0.5, 0.6) is 0 Å². The maximum atomic E-state index is 11.8. The second kappa shape index (κ2) is 4.06. The normalized spacial score (nSPS) is 16.8. The van der Waals surface area contributed by atoms with Gasteiger partial charge in [0.1, 0.15) is 9.85 Å². The zero-order valence-electron chi connectivity index (χ0n) is 9.18. The Balaban J connectivity index is 2.11. The predicted octanol–water partition coefficient (Wildman–Crippen LogP) is 0.392. The van der Waals surface area contributed by atoms with Crippen molar-refractivity contribution in [1.29, 1.82) is 0 Å². The molecule has 18 heavy (non-hydrogen) atoms. The Kier molecular flexibility index (Phi) is 2.70. The highest BCUT2D eigenvalue weighted by molar-refractivity contribution is 5.94. The Labute approximate surface area is 101 Å². The second-order valence-corrected chi connectivity index (χ2v) is 4.02. The van der Waals surface area contributed by atoms with E-state index in [1.54, 1.807) is 30.3 Å². The summed E-state index contributed by atoms with van der Waals surface area (Å²) in [5.41, 5.74) is -1.89. The van der Waals surface area contributed by atoms with Gasteiger partial charge in [0.2, 0.25) is 0 Å². The number of carbonyl (C=O) groups is 1. The summed E-state index contributed by atoms with van der Waals surface area (Å²) in [6.07, 6.45) is 0. The molecule has 1 amide bonds. The first-order valence-electron chi connectivity index (χ1n) is 5.11. The van der Waals surface area contributed by atoms with Crippen LogP contribution in [-0.4, -0.2) is 39.4 Å². The maximum absolute atomic E-state index is 11.8. The molecule has 8 nitrogen and oxygen atoms in total. The summed E-state index contributed by atoms with van der Waals surface area (Å²) in [4.78, 5) is 32.4. The van der Waals surface area contributed by atoms with E-state index < -0.39 is 34.5 Å². The number of benzene rings is 1. The lowest BCUT2D eigenvalue weighted by Gasteiger charge is -2.35. The van der Waals surface area contributed by atoms with Crippen molar-refractivity contribution in [2.45, 2.75) is 5.66 Å². The van der Waals surface area contributed by atoms with Gasteiger partial charge in [-0.2, -0.15) is 0 Å². The third-order valence-electron chi connectivity index (χ3n) is 2.88. The average Bonchev–Trinajstić information content (AvgIpc) is 2.27. The molecular weight excluding hydrogens is 242 g/mol. The molecule has 2 rings (SSSR count). The monoisotopic (exact) mass is 251 g/mol. The van der Waals surface area contributed by atoms with Crippen LogP contribution in [0.4, 0.5) is 0 Å². The van der Waals surface area contributed by atoms with Crippen molar-refractivity contribution >= 4 is 5.91 Å². The molecule has 0 saturated carbocycles. The van der Waals surface area contributed by atoms with E-state index >= 15 is 0 Å². The zero-order chi connectivity index (χ0) is 13.3. The Morgan fingerprint density at radius 3 is 2.06 bits per heavy atom. The first-order chi connectivity index (χ1) is 8.47. The lowest BCUT2D eigenvalue weighted by atomic mass is 10.0. The lowest BCUT2D eigenvalue weighted by Crippen LogP contribution is -2.71. The fraction of sp³-hybridized carbons (Fsp3) is 0.300. The van der Waals surface area contributed by atoms with Crippen molar-refractivity contribution in [2.75, 3.05) is 13.1 Å². The Bertz CT molecular complexity index is 494. The van der Waals surface area contributed by atoms with Gasteiger partial charge in [-0.1, -0.05) is 18.2 Å². The largest absolute Gasteiger partial charge is 0.492 e. The van der Waals surface area contributed by atoms with Gasteiger partial charge in [-0.25, -0.2) is 0 Å². The van der Waals surface area contributed by atoms with E-state index in [-0.39, 0.29) is 0 Å². The molecule has 0 bridgehead atoms. The summed E-state index contributed by atoms with van der Waals surface area (Å²) >= 11 is 0. The number of hydrogen-bond donors (Lipinski definition) is 0. The van der Waals surface area contributed by atoms with Crippen molar-refractivity contribution in [1.82, 2.24) is 4.90 Å². The first-order valence-corrected chi connectivity index (χ1v) is 5.11. The molecule has 1 aromatic carbocycles. The van der Waals surface area contributed by atoms with Gasteiger partial charge < -0.3 is 4.90 Å². The van der Waals surface area contributed by atoms with Crippen molar-refractivity contribution in [3.63, 3.8) is 0 Å². The van der Waals surface area contributed by atoms with Crippen LogP contribution >= 0.6 is 0 Å². The number of carbonyl (C=O) groups excluding carboxylic acids is 1. The quantitative estimate of drug-likeness (QED) is 0.439. The number of likely N-dealkylation sites (tertiary alicyclic amines) is 1. The second-order valence-electron chi connectivity index (χ2n) is 4.02. The standard InChI is InChI=1S/C10H9N3O5/c14-9(8-4-2-1-3-5-8)11-6-10(7-11,12(15)16)13(17)18/h1-5H,6-7H2. The van der Waals surface area contributed by atoms with E-state index in [0.717, 1.165) is 4.90 Å². The van der Waals surface area contributed by atoms with E-state index in [9.17, 15) is 25.0 Å². The van der Waals surface area contributed by atoms with Crippen LogP contribution in [0.3, 0.4) is 0 Å². The molecule has 94 valence electrons. The molecule has 1 heterocycles. The molecular formula is C10H9N3O5. The minimum absolute atomic E-state index is 0.359. The van der Waals surface area contributed by atoms with Crippen LogP contribution in [-0.2, 0) is 0 Å². The molecule has 1 saturated heterocycles. The first kappa shape index (κ1) is 12.0. The van der Waals surface area contributed by atoms with Gasteiger partial charge in [0.05, 0.1) is 0 Å². The fourth-order valence-electron chi connectivity index (χ4n) is 1.77. The van der Waals surface area contributed by atoms with E-state index in [0.29, 0.717) is 5.56 Å². The van der Waals surface area contributed by atoms with Crippen molar-refractivity contribution < 1.29 is 14.6 Å². The predicted molar refractivity (Wildman–Crippen MR) is 59.1 cm³/mol. The van der Waals surface area contributed by atoms with Gasteiger partial charge in [-0.3, -0.25) is 25.0 Å². The number of nitrogens with zero attached hydrogens (tertiary/aromatic N) is 3. The van der Waals surface area contributed by atoms with E-state index in [2.05, 4.69) is 0 Å². The van der Waals surface area contributed by atoms with Crippen LogP contribution < -0.4 is 0 Å². The van der Waals surface area contributed by atoms with Gasteiger partial charge in [-0.15, -0.1) is 0 Å². The molecule has 0 N–H and O–H groups in total. The third kappa shape index (κ3) is 1.67. The molecule has 8 heteroatoms. The highest BCUT2D eigenvalue weighted by atomic mass is 16.7. The summed E-state index contributed by atoms with van der Waals surface area (Å²) in [7, 11) is 0. The molecule has 1 aliphatic heterocycles. The Morgan fingerprint density at radius 1 is 1.11 bits per heavy atom. The molecule has 0 aromatic heterocycles. The summed E-state index contributed by atoms with van der Waals surface area (Å²) in [5, 5.41) is 21.4. The molecule has 0 aliphatic carbocycles. The SMILES string of the molecule is O=C(c1ccccc1)N1CC([N+](=O)[O-])([N+](=O)[O-])C1. The third-order valence-corrected chi connectivity index (χ3v) is 2.88. The van der Waals surface area contributed by atoms with Crippen LogP contribution in [0, 0.1) is 20.2 Å². The number of rotatable bonds is 3. The minimum atomic E-state index is -2.25. The van der Waals surface area contributed by atoms with Crippen LogP contribution in [0.2, 0.25) is 0 Å². The zero-order valence-corrected chi connectivity index (χ0v) is 9.18. The molecule has 1 aromatic rings. The van der Waals surface area contributed by atoms with E-state index in [1.165, 1.54) is 0 Å². The lowest BCUT2D eigenvalue weighted by molar-refractivity contribution is -0.809. The van der Waals surface area contributed by atoms with Crippen molar-refractivity contribution in [3.8, 4) is 0 Å². The molecule has 0 atom stereocenters. The summed E-state index contributed by atoms with van der Waals surface area (Å²) in [6.45, 7) is -0.999. The summed E-state index contributed by atoms with van der Waals surface area (Å²) < 4.78 is 0.